The van der Waals surface area contributed by atoms with E-state index in [2.05, 4.69) is 12.2 Å². The first-order valence-electron chi connectivity index (χ1n) is 4.47. The van der Waals surface area contributed by atoms with Gasteiger partial charge < -0.3 is 0 Å². The summed E-state index contributed by atoms with van der Waals surface area (Å²) in [6, 6.07) is 5.59. The number of carbonyl (C=O) groups is 1. The average Bonchev–Trinajstić information content (AvgIpc) is 2.20. The molecule has 0 aromatic heterocycles. The van der Waals surface area contributed by atoms with Gasteiger partial charge in [-0.15, -0.1) is 0 Å². The van der Waals surface area contributed by atoms with E-state index in [1.165, 1.54) is 6.07 Å². The molecule has 0 aliphatic carbocycles. The van der Waals surface area contributed by atoms with Gasteiger partial charge in [-0.05, 0) is 20.2 Å². The molecule has 1 rings (SSSR count). The Bertz CT molecular complexity index is 379. The summed E-state index contributed by atoms with van der Waals surface area (Å²) in [6.07, 6.45) is 0. The molecule has 0 spiro atoms. The monoisotopic (exact) mass is 225 g/mol. The minimum absolute atomic E-state index is 0.278. The smallest absolute Gasteiger partial charge is 0.188 e. The van der Waals surface area contributed by atoms with E-state index in [4.69, 9.17) is 0 Å². The van der Waals surface area contributed by atoms with E-state index < -0.39 is 6.04 Å². The van der Waals surface area contributed by atoms with Crippen LogP contribution >= 0.6 is 12.2 Å². The second-order valence-electron chi connectivity index (χ2n) is 3.41. The molecule has 0 heterocycles. The van der Waals surface area contributed by atoms with E-state index in [1.54, 1.807) is 37.2 Å². The van der Waals surface area contributed by atoms with Gasteiger partial charge in [0.25, 0.3) is 0 Å². The maximum absolute atomic E-state index is 13.5. The van der Waals surface area contributed by atoms with Crippen molar-refractivity contribution in [2.75, 3.05) is 14.1 Å². The highest BCUT2D eigenvalue weighted by Gasteiger charge is 2.23. The molecule has 0 fully saturated rings. The highest BCUT2D eigenvalue weighted by molar-refractivity contribution is 7.80. The number of halogens is 1. The molecule has 0 radical (unpaired) electrons. The Hall–Kier alpha value is -1.13. The van der Waals surface area contributed by atoms with Crippen LogP contribution < -0.4 is 0 Å². The standard InChI is InChI=1S/C11H12FNOS/c1-13(2)11(10(14)7-15)8-5-3-4-6-9(8)12/h3-7,11H,1-2H3. The van der Waals surface area contributed by atoms with Crippen molar-refractivity contribution in [1.82, 2.24) is 4.90 Å². The lowest BCUT2D eigenvalue weighted by Crippen LogP contribution is -2.28. The Morgan fingerprint density at radius 3 is 2.53 bits per heavy atom. The van der Waals surface area contributed by atoms with E-state index in [-0.39, 0.29) is 11.6 Å². The molecule has 1 aromatic rings. The number of thiocarbonyl (C=S) groups is 1. The maximum Gasteiger partial charge on any atom is 0.188 e. The topological polar surface area (TPSA) is 20.3 Å². The van der Waals surface area contributed by atoms with Crippen LogP contribution in [0.1, 0.15) is 11.6 Å². The van der Waals surface area contributed by atoms with Crippen LogP contribution in [-0.4, -0.2) is 30.1 Å². The van der Waals surface area contributed by atoms with Crippen LogP contribution in [0.3, 0.4) is 0 Å². The van der Waals surface area contributed by atoms with Crippen molar-refractivity contribution < 1.29 is 9.18 Å². The van der Waals surface area contributed by atoms with Crippen molar-refractivity contribution in [3.05, 3.63) is 35.6 Å². The van der Waals surface area contributed by atoms with Crippen LogP contribution in [0.15, 0.2) is 24.3 Å². The van der Waals surface area contributed by atoms with Crippen molar-refractivity contribution in [2.45, 2.75) is 6.04 Å². The molecule has 1 atom stereocenters. The van der Waals surface area contributed by atoms with Crippen LogP contribution in [-0.2, 0) is 4.79 Å². The summed E-state index contributed by atoms with van der Waals surface area (Å²) in [7, 11) is 3.43. The molecule has 0 saturated carbocycles. The predicted octanol–water partition coefficient (Wildman–Crippen LogP) is 2.00. The fraction of sp³-hybridized carbons (Fsp3) is 0.273. The van der Waals surface area contributed by atoms with Gasteiger partial charge in [-0.3, -0.25) is 9.69 Å². The molecule has 0 N–H and O–H groups in total. The largest absolute Gasteiger partial charge is 0.296 e. The van der Waals surface area contributed by atoms with Crippen LogP contribution in [0, 0.1) is 5.82 Å². The van der Waals surface area contributed by atoms with Crippen molar-refractivity contribution in [3.63, 3.8) is 0 Å². The van der Waals surface area contributed by atoms with Gasteiger partial charge in [0, 0.05) is 10.9 Å². The fourth-order valence-electron chi connectivity index (χ4n) is 1.45. The van der Waals surface area contributed by atoms with E-state index in [0.717, 1.165) is 5.37 Å². The third-order valence-corrected chi connectivity index (χ3v) is 2.33. The number of nitrogens with zero attached hydrogens (tertiary/aromatic N) is 1. The molecule has 0 aliphatic rings. The number of hydrogen-bond donors (Lipinski definition) is 0. The predicted molar refractivity (Wildman–Crippen MR) is 61.5 cm³/mol. The number of rotatable bonds is 4. The Balaban J connectivity index is 3.16. The van der Waals surface area contributed by atoms with Gasteiger partial charge >= 0.3 is 0 Å². The van der Waals surface area contributed by atoms with Gasteiger partial charge in [0.05, 0.1) is 0 Å². The Kier molecular flexibility index (Phi) is 4.05. The second-order valence-corrected chi connectivity index (χ2v) is 3.64. The number of carbonyl (C=O) groups excluding carboxylic acids is 1. The molecule has 15 heavy (non-hydrogen) atoms. The molecular formula is C11H12FNOS. The van der Waals surface area contributed by atoms with Crippen LogP contribution in [0.4, 0.5) is 4.39 Å². The second kappa shape index (κ2) is 5.09. The van der Waals surface area contributed by atoms with Crippen LogP contribution in [0.2, 0.25) is 0 Å². The molecule has 1 aromatic carbocycles. The molecule has 0 amide bonds. The van der Waals surface area contributed by atoms with Gasteiger partial charge in [0.2, 0.25) is 0 Å². The first-order valence-corrected chi connectivity index (χ1v) is 4.95. The van der Waals surface area contributed by atoms with Crippen molar-refractivity contribution in [3.8, 4) is 0 Å². The maximum atomic E-state index is 13.5. The summed E-state index contributed by atoms with van der Waals surface area (Å²) in [5, 5.41) is 1.05. The van der Waals surface area contributed by atoms with Gasteiger partial charge in [-0.2, -0.15) is 0 Å². The van der Waals surface area contributed by atoms with Gasteiger partial charge in [-0.25, -0.2) is 4.39 Å². The lowest BCUT2D eigenvalue weighted by atomic mass is 10.0. The van der Waals surface area contributed by atoms with Crippen molar-refractivity contribution in [1.29, 1.82) is 0 Å². The summed E-state index contributed by atoms with van der Waals surface area (Å²) >= 11 is 4.59. The number of likely N-dealkylation sites (N-methyl/N-ethyl adjacent to an activating group) is 1. The molecule has 2 nitrogen and oxygen atoms in total. The quantitative estimate of drug-likeness (QED) is 0.731. The summed E-state index contributed by atoms with van der Waals surface area (Å²) < 4.78 is 13.5. The fourth-order valence-corrected chi connectivity index (χ4v) is 1.58. The van der Waals surface area contributed by atoms with Gasteiger partial charge in [-0.1, -0.05) is 30.4 Å². The van der Waals surface area contributed by atoms with E-state index >= 15 is 0 Å². The third kappa shape index (κ3) is 2.67. The highest BCUT2D eigenvalue weighted by Crippen LogP contribution is 2.21. The van der Waals surface area contributed by atoms with E-state index in [1.807, 2.05) is 0 Å². The lowest BCUT2D eigenvalue weighted by Gasteiger charge is -2.22. The van der Waals surface area contributed by atoms with Gasteiger partial charge in [0.15, 0.2) is 5.78 Å². The van der Waals surface area contributed by atoms with E-state index in [9.17, 15) is 9.18 Å². The highest BCUT2D eigenvalue weighted by atomic mass is 32.1. The van der Waals surface area contributed by atoms with Gasteiger partial charge in [0.1, 0.15) is 11.9 Å². The molecular weight excluding hydrogens is 213 g/mol. The first kappa shape index (κ1) is 11.9. The van der Waals surface area contributed by atoms with Crippen molar-refractivity contribution in [2.24, 2.45) is 0 Å². The molecule has 4 heteroatoms. The summed E-state index contributed by atoms with van der Waals surface area (Å²) in [5.74, 6) is -0.665. The zero-order valence-electron chi connectivity index (χ0n) is 8.61. The van der Waals surface area contributed by atoms with Crippen LogP contribution in [0.5, 0.6) is 0 Å². The Morgan fingerprint density at radius 2 is 2.07 bits per heavy atom. The summed E-state index contributed by atoms with van der Waals surface area (Å²) in [4.78, 5) is 13.2. The summed E-state index contributed by atoms with van der Waals surface area (Å²) in [6.45, 7) is 0. The molecule has 1 unspecified atom stereocenters. The number of Topliss-reactive ketones (excluding diaryl/α,β-unsaturated/α-hetero) is 1. The Labute approximate surface area is 93.7 Å². The minimum Gasteiger partial charge on any atom is -0.296 e. The summed E-state index contributed by atoms with van der Waals surface area (Å²) in [5.41, 5.74) is 0.355. The zero-order chi connectivity index (χ0) is 11.4. The molecule has 0 saturated heterocycles. The Morgan fingerprint density at radius 1 is 1.47 bits per heavy atom. The molecule has 0 bridgehead atoms. The zero-order valence-corrected chi connectivity index (χ0v) is 9.42. The minimum atomic E-state index is -0.635. The number of ketones is 1. The first-order chi connectivity index (χ1) is 7.07. The van der Waals surface area contributed by atoms with E-state index in [0.29, 0.717) is 5.56 Å². The SMILES string of the molecule is CN(C)C(C(=O)C=S)c1ccccc1F. The van der Waals surface area contributed by atoms with Crippen molar-refractivity contribution >= 4 is 23.4 Å². The number of hydrogen-bond acceptors (Lipinski definition) is 3. The van der Waals surface area contributed by atoms with Crippen LogP contribution in [0.25, 0.3) is 0 Å². The lowest BCUT2D eigenvalue weighted by molar-refractivity contribution is -0.116. The molecule has 80 valence electrons. The normalized spacial score (nSPS) is 12.5. The number of benzene rings is 1. The average molecular weight is 225 g/mol. The molecule has 0 aliphatic heterocycles. The third-order valence-electron chi connectivity index (χ3n) is 2.10.